The molecule has 0 fully saturated rings. The molecule has 0 amide bonds. The van der Waals surface area contributed by atoms with Crippen molar-refractivity contribution in [2.24, 2.45) is 0 Å². The van der Waals surface area contributed by atoms with Crippen LogP contribution in [0.25, 0.3) is 0 Å². The SMILES string of the molecule is Cc1ncsc1C1CCc2c(Cl)nc(Cl)nc2C1. The Balaban J connectivity index is 1.96. The lowest BCUT2D eigenvalue weighted by Gasteiger charge is -2.23. The van der Waals surface area contributed by atoms with Crippen molar-refractivity contribution in [2.45, 2.75) is 32.1 Å². The molecule has 1 aliphatic carbocycles. The molecule has 3 rings (SSSR count). The molecular formula is C12H11Cl2N3S. The molecule has 0 saturated heterocycles. The molecule has 0 aliphatic heterocycles. The predicted molar refractivity (Wildman–Crippen MR) is 73.7 cm³/mol. The first-order chi connectivity index (χ1) is 8.65. The maximum Gasteiger partial charge on any atom is 0.224 e. The van der Waals surface area contributed by atoms with Gasteiger partial charge in [0.2, 0.25) is 5.28 Å². The third-order valence-corrected chi connectivity index (χ3v) is 4.93. The van der Waals surface area contributed by atoms with Crippen LogP contribution in [-0.4, -0.2) is 15.0 Å². The van der Waals surface area contributed by atoms with Gasteiger partial charge in [-0.2, -0.15) is 0 Å². The van der Waals surface area contributed by atoms with Crippen molar-refractivity contribution in [1.29, 1.82) is 0 Å². The molecule has 3 nitrogen and oxygen atoms in total. The van der Waals surface area contributed by atoms with E-state index in [1.54, 1.807) is 11.3 Å². The molecule has 2 heterocycles. The molecule has 1 aliphatic rings. The van der Waals surface area contributed by atoms with Gasteiger partial charge in [-0.1, -0.05) is 11.6 Å². The molecule has 0 radical (unpaired) electrons. The molecule has 0 aromatic carbocycles. The van der Waals surface area contributed by atoms with Gasteiger partial charge in [-0.15, -0.1) is 11.3 Å². The Morgan fingerprint density at radius 2 is 2.17 bits per heavy atom. The van der Waals surface area contributed by atoms with E-state index in [-0.39, 0.29) is 5.28 Å². The summed E-state index contributed by atoms with van der Waals surface area (Å²) in [5.41, 5.74) is 5.07. The fourth-order valence-electron chi connectivity index (χ4n) is 2.47. The van der Waals surface area contributed by atoms with Gasteiger partial charge in [-0.3, -0.25) is 0 Å². The van der Waals surface area contributed by atoms with Gasteiger partial charge in [0, 0.05) is 16.4 Å². The zero-order valence-corrected chi connectivity index (χ0v) is 12.1. The summed E-state index contributed by atoms with van der Waals surface area (Å²) in [6.45, 7) is 2.06. The van der Waals surface area contributed by atoms with Gasteiger partial charge in [0.05, 0.1) is 16.9 Å². The third-order valence-electron chi connectivity index (χ3n) is 3.35. The van der Waals surface area contributed by atoms with Gasteiger partial charge in [-0.25, -0.2) is 15.0 Å². The van der Waals surface area contributed by atoms with Gasteiger partial charge >= 0.3 is 0 Å². The van der Waals surface area contributed by atoms with Crippen molar-refractivity contribution in [3.8, 4) is 0 Å². The Morgan fingerprint density at radius 3 is 2.89 bits per heavy atom. The van der Waals surface area contributed by atoms with Crippen molar-refractivity contribution in [2.75, 3.05) is 0 Å². The van der Waals surface area contributed by atoms with Crippen LogP contribution in [-0.2, 0) is 12.8 Å². The van der Waals surface area contributed by atoms with Crippen LogP contribution < -0.4 is 0 Å². The van der Waals surface area contributed by atoms with Gasteiger partial charge in [0.15, 0.2) is 0 Å². The van der Waals surface area contributed by atoms with Gasteiger partial charge in [-0.05, 0) is 37.8 Å². The van der Waals surface area contributed by atoms with Crippen molar-refractivity contribution < 1.29 is 0 Å². The van der Waals surface area contributed by atoms with E-state index in [1.165, 1.54) is 4.88 Å². The van der Waals surface area contributed by atoms with E-state index >= 15 is 0 Å². The van der Waals surface area contributed by atoms with Gasteiger partial charge in [0.25, 0.3) is 0 Å². The monoisotopic (exact) mass is 299 g/mol. The van der Waals surface area contributed by atoms with Crippen molar-refractivity contribution in [3.63, 3.8) is 0 Å². The Bertz CT molecular complexity index is 597. The molecule has 0 bridgehead atoms. The molecule has 1 atom stereocenters. The topological polar surface area (TPSA) is 38.7 Å². The quantitative estimate of drug-likeness (QED) is 0.593. The number of nitrogens with zero attached hydrogens (tertiary/aromatic N) is 3. The van der Waals surface area contributed by atoms with E-state index < -0.39 is 0 Å². The molecule has 0 N–H and O–H groups in total. The normalized spacial score (nSPS) is 18.7. The van der Waals surface area contributed by atoms with Crippen LogP contribution in [0.4, 0.5) is 0 Å². The summed E-state index contributed by atoms with van der Waals surface area (Å²) in [6.07, 6.45) is 2.86. The van der Waals surface area contributed by atoms with Gasteiger partial charge < -0.3 is 0 Å². The van der Waals surface area contributed by atoms with Crippen LogP contribution >= 0.6 is 34.5 Å². The number of hydrogen-bond donors (Lipinski definition) is 0. The summed E-state index contributed by atoms with van der Waals surface area (Å²) in [4.78, 5) is 14.0. The van der Waals surface area contributed by atoms with Crippen molar-refractivity contribution in [1.82, 2.24) is 15.0 Å². The highest BCUT2D eigenvalue weighted by atomic mass is 35.5. The lowest BCUT2D eigenvalue weighted by molar-refractivity contribution is 0.574. The highest BCUT2D eigenvalue weighted by Crippen LogP contribution is 2.37. The van der Waals surface area contributed by atoms with E-state index in [4.69, 9.17) is 23.2 Å². The standard InChI is InChI=1S/C12H11Cl2N3S/c1-6-10(18-5-15-6)7-2-3-8-9(4-7)16-12(14)17-11(8)13/h5,7H,2-4H2,1H3. The van der Waals surface area contributed by atoms with Crippen LogP contribution in [0, 0.1) is 6.92 Å². The Labute approximate surface area is 119 Å². The van der Waals surface area contributed by atoms with E-state index in [0.717, 1.165) is 36.2 Å². The number of fused-ring (bicyclic) bond motifs is 1. The predicted octanol–water partition coefficient (Wildman–Crippen LogP) is 3.82. The summed E-state index contributed by atoms with van der Waals surface area (Å²) in [6, 6.07) is 0. The third kappa shape index (κ3) is 2.13. The maximum absolute atomic E-state index is 6.11. The van der Waals surface area contributed by atoms with Crippen LogP contribution in [0.2, 0.25) is 10.4 Å². The minimum atomic E-state index is 0.237. The van der Waals surface area contributed by atoms with E-state index in [0.29, 0.717) is 11.1 Å². The molecule has 2 aromatic rings. The first-order valence-corrected chi connectivity index (χ1v) is 7.39. The Kier molecular flexibility index (Phi) is 3.26. The van der Waals surface area contributed by atoms with E-state index in [2.05, 4.69) is 21.9 Å². The van der Waals surface area contributed by atoms with Gasteiger partial charge in [0.1, 0.15) is 5.15 Å². The average molecular weight is 300 g/mol. The molecule has 1 unspecified atom stereocenters. The minimum Gasteiger partial charge on any atom is -0.250 e. The number of hydrogen-bond acceptors (Lipinski definition) is 4. The summed E-state index contributed by atoms with van der Waals surface area (Å²) in [5.74, 6) is 0.479. The maximum atomic E-state index is 6.11. The number of aromatic nitrogens is 3. The number of rotatable bonds is 1. The summed E-state index contributed by atoms with van der Waals surface area (Å²) in [5, 5.41) is 0.741. The first-order valence-electron chi connectivity index (χ1n) is 5.76. The van der Waals surface area contributed by atoms with Crippen LogP contribution in [0.1, 0.15) is 34.2 Å². The highest BCUT2D eigenvalue weighted by molar-refractivity contribution is 7.09. The Hall–Kier alpha value is -0.710. The van der Waals surface area contributed by atoms with Crippen molar-refractivity contribution >= 4 is 34.5 Å². The first kappa shape index (κ1) is 12.3. The molecule has 18 heavy (non-hydrogen) atoms. The highest BCUT2D eigenvalue weighted by Gasteiger charge is 2.26. The lowest BCUT2D eigenvalue weighted by Crippen LogP contribution is -2.15. The second-order valence-corrected chi connectivity index (χ2v) is 6.03. The van der Waals surface area contributed by atoms with Crippen molar-refractivity contribution in [3.05, 3.63) is 37.8 Å². The molecule has 2 aromatic heterocycles. The molecule has 94 valence electrons. The zero-order chi connectivity index (χ0) is 12.7. The summed E-state index contributed by atoms with van der Waals surface area (Å²) >= 11 is 13.7. The van der Waals surface area contributed by atoms with Crippen LogP contribution in [0.3, 0.4) is 0 Å². The largest absolute Gasteiger partial charge is 0.250 e. The zero-order valence-electron chi connectivity index (χ0n) is 9.78. The van der Waals surface area contributed by atoms with Crippen LogP contribution in [0.5, 0.6) is 0 Å². The lowest BCUT2D eigenvalue weighted by atomic mass is 9.86. The second kappa shape index (κ2) is 4.76. The van der Waals surface area contributed by atoms with Crippen LogP contribution in [0.15, 0.2) is 5.51 Å². The summed E-state index contributed by atoms with van der Waals surface area (Å²) in [7, 11) is 0. The minimum absolute atomic E-state index is 0.237. The summed E-state index contributed by atoms with van der Waals surface area (Å²) < 4.78 is 0. The smallest absolute Gasteiger partial charge is 0.224 e. The molecular weight excluding hydrogens is 289 g/mol. The molecule has 0 spiro atoms. The molecule has 0 saturated carbocycles. The van der Waals surface area contributed by atoms with E-state index in [1.807, 2.05) is 5.51 Å². The fraction of sp³-hybridized carbons (Fsp3) is 0.417. The van der Waals surface area contributed by atoms with E-state index in [9.17, 15) is 0 Å². The second-order valence-electron chi connectivity index (χ2n) is 4.45. The number of aryl methyl sites for hydroxylation is 1. The molecule has 6 heteroatoms. The fourth-order valence-corrected chi connectivity index (χ4v) is 3.92. The number of thiazole rings is 1. The number of halogens is 2. The Morgan fingerprint density at radius 1 is 1.33 bits per heavy atom. The average Bonchev–Trinajstić information content (AvgIpc) is 2.74.